The Balaban J connectivity index is 0.00000192. The fraction of sp³-hybridized carbons (Fsp3) is 0.348. The zero-order chi connectivity index (χ0) is 18.8. The lowest BCUT2D eigenvalue weighted by molar-refractivity contribution is -0.926. The zero-order valence-corrected chi connectivity index (χ0v) is 17.6. The van der Waals surface area contributed by atoms with E-state index in [1.165, 1.54) is 0 Å². The third-order valence-electron chi connectivity index (χ3n) is 6.77. The fourth-order valence-corrected chi connectivity index (χ4v) is 5.05. The maximum Gasteiger partial charge on any atom is 0.348 e. The van der Waals surface area contributed by atoms with Gasteiger partial charge in [0.2, 0.25) is 5.60 Å². The topological polar surface area (TPSA) is 46.5 Å². The van der Waals surface area contributed by atoms with Crippen molar-refractivity contribution < 1.29 is 36.1 Å². The quantitative estimate of drug-likeness (QED) is 0.405. The van der Waals surface area contributed by atoms with E-state index in [4.69, 9.17) is 4.74 Å². The molecule has 146 valence electrons. The molecule has 28 heavy (non-hydrogen) atoms. The molecule has 2 aromatic carbocycles. The van der Waals surface area contributed by atoms with Crippen molar-refractivity contribution >= 4 is 5.97 Å². The average molecular weight is 442 g/mol. The number of carbonyl (C=O) groups excluding carboxylic acids is 1. The molecular formula is C23H24BrNO3. The van der Waals surface area contributed by atoms with Gasteiger partial charge in [-0.1, -0.05) is 48.5 Å². The van der Waals surface area contributed by atoms with Gasteiger partial charge in [-0.2, -0.15) is 0 Å². The number of ether oxygens (including phenoxy) is 1. The minimum absolute atomic E-state index is 0. The monoisotopic (exact) mass is 441 g/mol. The molecule has 0 saturated carbocycles. The summed E-state index contributed by atoms with van der Waals surface area (Å²) >= 11 is 0. The minimum atomic E-state index is -1.73. The van der Waals surface area contributed by atoms with Crippen molar-refractivity contribution in [2.75, 3.05) is 14.1 Å². The molecular weight excluding hydrogens is 418 g/mol. The predicted octanol–water partition coefficient (Wildman–Crippen LogP) is -0.00410. The van der Waals surface area contributed by atoms with E-state index in [1.807, 2.05) is 48.5 Å². The van der Waals surface area contributed by atoms with E-state index in [2.05, 4.69) is 26.2 Å². The van der Waals surface area contributed by atoms with Gasteiger partial charge in [0.25, 0.3) is 0 Å². The summed E-state index contributed by atoms with van der Waals surface area (Å²) in [7, 11) is 4.45. The second-order valence-corrected chi connectivity index (χ2v) is 8.45. The van der Waals surface area contributed by atoms with Gasteiger partial charge in [-0.3, -0.25) is 0 Å². The second-order valence-electron chi connectivity index (χ2n) is 8.45. The molecule has 1 aliphatic carbocycles. The SMILES string of the molecule is C[N+]1(C)C2C=C[C@@H]1CC(OC(=O)C1(O)c3ccccc3-c3ccccc31)C2.[Br-]. The Labute approximate surface area is 175 Å². The Kier molecular flexibility index (Phi) is 4.53. The van der Waals surface area contributed by atoms with Crippen LogP contribution in [0.1, 0.15) is 24.0 Å². The molecule has 2 unspecified atom stereocenters. The smallest absolute Gasteiger partial charge is 0.348 e. The van der Waals surface area contributed by atoms with Crippen LogP contribution in [-0.4, -0.2) is 47.8 Å². The third kappa shape index (κ3) is 2.53. The maximum atomic E-state index is 13.3. The first-order valence-electron chi connectivity index (χ1n) is 9.57. The van der Waals surface area contributed by atoms with Crippen molar-refractivity contribution in [3.8, 4) is 11.1 Å². The summed E-state index contributed by atoms with van der Waals surface area (Å²) in [4.78, 5) is 13.3. The second kappa shape index (κ2) is 6.55. The van der Waals surface area contributed by atoms with Crippen molar-refractivity contribution in [3.63, 3.8) is 0 Å². The van der Waals surface area contributed by atoms with Gasteiger partial charge >= 0.3 is 5.97 Å². The lowest BCUT2D eigenvalue weighted by atomic mass is 9.91. The van der Waals surface area contributed by atoms with Gasteiger partial charge in [-0.15, -0.1) is 0 Å². The molecule has 1 saturated heterocycles. The van der Waals surface area contributed by atoms with Crippen molar-refractivity contribution in [2.24, 2.45) is 0 Å². The van der Waals surface area contributed by atoms with Crippen LogP contribution in [0.2, 0.25) is 0 Å². The van der Waals surface area contributed by atoms with Crippen molar-refractivity contribution in [1.82, 2.24) is 0 Å². The highest BCUT2D eigenvalue weighted by Crippen LogP contribution is 2.48. The summed E-state index contributed by atoms with van der Waals surface area (Å²) in [5.41, 5.74) is 1.29. The van der Waals surface area contributed by atoms with E-state index in [0.717, 1.165) is 28.5 Å². The number of quaternary nitrogens is 1. The van der Waals surface area contributed by atoms with Gasteiger partial charge in [0.1, 0.15) is 18.2 Å². The standard InChI is InChI=1S/C23H24NO3.BrH/c1-24(2)15-11-12-16(24)14-17(13-15)27-22(25)23(26)20-9-5-3-7-18(20)19-8-4-6-10-21(19)23;/h3-12,15-17,26H,13-14H2,1-2H3;1H/q+1;/p-1/t15-,16?,17?;/m1./s1. The number of carbonyl (C=O) groups is 1. The predicted molar refractivity (Wildman–Crippen MR) is 103 cm³/mol. The summed E-state index contributed by atoms with van der Waals surface area (Å²) in [6, 6.07) is 15.8. The Morgan fingerprint density at radius 3 is 1.93 bits per heavy atom. The van der Waals surface area contributed by atoms with Crippen molar-refractivity contribution in [2.45, 2.75) is 36.6 Å². The lowest BCUT2D eigenvalue weighted by Crippen LogP contribution is -3.00. The van der Waals surface area contributed by atoms with Crippen LogP contribution in [0.3, 0.4) is 0 Å². The van der Waals surface area contributed by atoms with Crippen molar-refractivity contribution in [1.29, 1.82) is 0 Å². The Morgan fingerprint density at radius 2 is 1.43 bits per heavy atom. The highest BCUT2D eigenvalue weighted by atomic mass is 79.9. The molecule has 2 heterocycles. The number of rotatable bonds is 2. The molecule has 1 N–H and O–H groups in total. The molecule has 1 fully saturated rings. The van der Waals surface area contributed by atoms with Gasteiger partial charge in [0.05, 0.1) is 14.1 Å². The summed E-state index contributed by atoms with van der Waals surface area (Å²) in [5, 5.41) is 11.6. The summed E-state index contributed by atoms with van der Waals surface area (Å²) < 4.78 is 6.85. The molecule has 0 spiro atoms. The van der Waals surface area contributed by atoms with Crippen LogP contribution < -0.4 is 17.0 Å². The molecule has 5 rings (SSSR count). The first-order valence-corrected chi connectivity index (χ1v) is 9.57. The number of fused-ring (bicyclic) bond motifs is 5. The molecule has 0 radical (unpaired) electrons. The van der Waals surface area contributed by atoms with Gasteiger partial charge < -0.3 is 31.3 Å². The minimum Gasteiger partial charge on any atom is -1.00 e. The van der Waals surface area contributed by atoms with Crippen LogP contribution in [0, 0.1) is 0 Å². The number of hydrogen-bond donors (Lipinski definition) is 1. The maximum absolute atomic E-state index is 13.3. The van der Waals surface area contributed by atoms with Gasteiger partial charge in [-0.05, 0) is 23.3 Å². The summed E-state index contributed by atoms with van der Waals surface area (Å²) in [6.07, 6.45) is 5.91. The van der Waals surface area contributed by atoms with Crippen LogP contribution in [0.5, 0.6) is 0 Å². The molecule has 2 bridgehead atoms. The number of benzene rings is 2. The van der Waals surface area contributed by atoms with Crippen molar-refractivity contribution in [3.05, 3.63) is 71.8 Å². The van der Waals surface area contributed by atoms with Crippen LogP contribution in [-0.2, 0) is 15.1 Å². The molecule has 2 aliphatic heterocycles. The number of likely N-dealkylation sites (N-methyl/N-ethyl adjacent to an activating group) is 1. The van der Waals surface area contributed by atoms with E-state index in [0.29, 0.717) is 23.2 Å². The number of nitrogens with zero attached hydrogens (tertiary/aromatic N) is 1. The first-order chi connectivity index (χ1) is 12.9. The van der Waals surface area contributed by atoms with E-state index >= 15 is 0 Å². The Bertz CT molecular complexity index is 904. The number of hydrogen-bond acceptors (Lipinski definition) is 3. The van der Waals surface area contributed by atoms with E-state index in [9.17, 15) is 9.90 Å². The number of aliphatic hydroxyl groups is 1. The summed E-state index contributed by atoms with van der Waals surface area (Å²) in [5.74, 6) is -0.559. The molecule has 3 aliphatic rings. The molecule has 3 atom stereocenters. The lowest BCUT2D eigenvalue weighted by Gasteiger charge is -2.44. The normalized spacial score (nSPS) is 27.5. The van der Waals surface area contributed by atoms with Crippen LogP contribution in [0.25, 0.3) is 11.1 Å². The summed E-state index contributed by atoms with van der Waals surface area (Å²) in [6.45, 7) is 0. The van der Waals surface area contributed by atoms with E-state index < -0.39 is 11.6 Å². The highest BCUT2D eigenvalue weighted by Gasteiger charge is 2.52. The average Bonchev–Trinajstić information content (AvgIpc) is 2.96. The molecule has 0 amide bonds. The van der Waals surface area contributed by atoms with Gasteiger partial charge in [0, 0.05) is 24.0 Å². The van der Waals surface area contributed by atoms with Crippen LogP contribution >= 0.6 is 0 Å². The Hall–Kier alpha value is -1.95. The molecule has 2 aromatic rings. The zero-order valence-electron chi connectivity index (χ0n) is 16.0. The van der Waals surface area contributed by atoms with Gasteiger partial charge in [0.15, 0.2) is 0 Å². The van der Waals surface area contributed by atoms with Gasteiger partial charge in [-0.25, -0.2) is 4.79 Å². The van der Waals surface area contributed by atoms with Crippen LogP contribution in [0.4, 0.5) is 0 Å². The Morgan fingerprint density at radius 1 is 0.964 bits per heavy atom. The third-order valence-corrected chi connectivity index (χ3v) is 6.77. The number of halogens is 1. The van der Waals surface area contributed by atoms with E-state index in [-0.39, 0.29) is 23.1 Å². The highest BCUT2D eigenvalue weighted by molar-refractivity contribution is 5.96. The fourth-order valence-electron chi connectivity index (χ4n) is 5.05. The van der Waals surface area contributed by atoms with E-state index in [1.54, 1.807) is 0 Å². The molecule has 5 heteroatoms. The number of piperidine rings is 1. The number of esters is 1. The largest absolute Gasteiger partial charge is 1.00 e. The van der Waals surface area contributed by atoms with Crippen LogP contribution in [0.15, 0.2) is 60.7 Å². The molecule has 0 aromatic heterocycles. The molecule has 4 nitrogen and oxygen atoms in total. The first kappa shape index (κ1) is 19.4.